The molecule has 5 heteroatoms. The molecule has 0 aromatic carbocycles. The highest BCUT2D eigenvalue weighted by Crippen LogP contribution is 2.22. The third-order valence-electron chi connectivity index (χ3n) is 2.49. The molecule has 4 nitrogen and oxygen atoms in total. The van der Waals surface area contributed by atoms with Gasteiger partial charge >= 0.3 is 0 Å². The molecule has 1 aliphatic rings. The topological polar surface area (TPSA) is 49.4 Å². The van der Waals surface area contributed by atoms with Gasteiger partial charge in [0, 0.05) is 18.6 Å². The van der Waals surface area contributed by atoms with E-state index in [-0.39, 0.29) is 12.1 Å². The van der Waals surface area contributed by atoms with E-state index in [4.69, 9.17) is 0 Å². The number of hydrogen-bond acceptors (Lipinski definition) is 2. The molecule has 1 fully saturated rings. The Morgan fingerprint density at radius 1 is 1.50 bits per heavy atom. The predicted octanol–water partition coefficient (Wildman–Crippen LogP) is 1.10. The fourth-order valence-corrected chi connectivity index (χ4v) is 3.65. The molecule has 0 aromatic rings. The third-order valence-corrected chi connectivity index (χ3v) is 4.36. The number of hydrogen-bond donors (Lipinski definition) is 1. The van der Waals surface area contributed by atoms with E-state index in [9.17, 15) is 8.42 Å². The van der Waals surface area contributed by atoms with E-state index in [2.05, 4.69) is 4.72 Å². The van der Waals surface area contributed by atoms with Gasteiger partial charge in [-0.05, 0) is 33.1 Å². The molecule has 1 saturated heterocycles. The molecule has 1 atom stereocenters. The van der Waals surface area contributed by atoms with Crippen LogP contribution in [0.3, 0.4) is 0 Å². The zero-order valence-corrected chi connectivity index (χ0v) is 9.97. The fraction of sp³-hybridized carbons (Fsp3) is 1.00. The van der Waals surface area contributed by atoms with Crippen LogP contribution in [0.5, 0.6) is 0 Å². The molecule has 0 radical (unpaired) electrons. The maximum atomic E-state index is 11.8. The van der Waals surface area contributed by atoms with E-state index >= 15 is 0 Å². The zero-order chi connectivity index (χ0) is 10.8. The van der Waals surface area contributed by atoms with Crippen molar-refractivity contribution < 1.29 is 8.42 Å². The van der Waals surface area contributed by atoms with Crippen LogP contribution in [-0.2, 0) is 10.2 Å². The minimum atomic E-state index is -3.24. The first kappa shape index (κ1) is 11.9. The smallest absolute Gasteiger partial charge is 0.200 e. The van der Waals surface area contributed by atoms with Crippen LogP contribution in [0.2, 0.25) is 0 Å². The van der Waals surface area contributed by atoms with Crippen LogP contribution in [0.4, 0.5) is 0 Å². The molecule has 1 heterocycles. The maximum absolute atomic E-state index is 11.8. The van der Waals surface area contributed by atoms with E-state index in [1.54, 1.807) is 4.31 Å². The van der Waals surface area contributed by atoms with Crippen molar-refractivity contribution in [2.45, 2.75) is 52.1 Å². The summed E-state index contributed by atoms with van der Waals surface area (Å²) in [6, 6.07) is 0.171. The summed E-state index contributed by atoms with van der Waals surface area (Å²) in [5, 5.41) is 0. The van der Waals surface area contributed by atoms with Gasteiger partial charge in [-0.3, -0.25) is 0 Å². The summed E-state index contributed by atoms with van der Waals surface area (Å²) in [6.07, 6.45) is 2.88. The van der Waals surface area contributed by atoms with Crippen LogP contribution in [0.25, 0.3) is 0 Å². The summed E-state index contributed by atoms with van der Waals surface area (Å²) in [7, 11) is -3.24. The van der Waals surface area contributed by atoms with Crippen molar-refractivity contribution in [2.75, 3.05) is 6.54 Å². The summed E-state index contributed by atoms with van der Waals surface area (Å²) in [6.45, 7) is 6.39. The predicted molar refractivity (Wildman–Crippen MR) is 57.2 cm³/mol. The summed E-state index contributed by atoms with van der Waals surface area (Å²) >= 11 is 0. The zero-order valence-electron chi connectivity index (χ0n) is 9.16. The minimum Gasteiger partial charge on any atom is -0.200 e. The second-order valence-electron chi connectivity index (χ2n) is 4.09. The van der Waals surface area contributed by atoms with Crippen molar-refractivity contribution in [3.8, 4) is 0 Å². The first-order chi connectivity index (χ1) is 6.47. The van der Waals surface area contributed by atoms with Crippen molar-refractivity contribution >= 4 is 10.2 Å². The van der Waals surface area contributed by atoms with E-state index < -0.39 is 10.2 Å². The van der Waals surface area contributed by atoms with Crippen LogP contribution in [-0.4, -0.2) is 31.4 Å². The number of nitrogens with one attached hydrogen (secondary N) is 1. The van der Waals surface area contributed by atoms with Crippen LogP contribution < -0.4 is 4.72 Å². The summed E-state index contributed by atoms with van der Waals surface area (Å²) in [4.78, 5) is 0. The molecule has 84 valence electrons. The lowest BCUT2D eigenvalue weighted by atomic mass is 10.2. The Balaban J connectivity index is 2.71. The molecule has 14 heavy (non-hydrogen) atoms. The Labute approximate surface area is 86.9 Å². The lowest BCUT2D eigenvalue weighted by molar-refractivity contribution is 0.370. The van der Waals surface area contributed by atoms with Gasteiger partial charge in [0.1, 0.15) is 0 Å². The molecule has 0 aliphatic carbocycles. The molecule has 0 amide bonds. The minimum absolute atomic E-state index is 0.0295. The molecular weight excluding hydrogens is 200 g/mol. The highest BCUT2D eigenvalue weighted by atomic mass is 32.2. The van der Waals surface area contributed by atoms with E-state index in [0.29, 0.717) is 6.54 Å². The van der Waals surface area contributed by atoms with E-state index in [0.717, 1.165) is 19.3 Å². The van der Waals surface area contributed by atoms with Crippen LogP contribution >= 0.6 is 0 Å². The summed E-state index contributed by atoms with van der Waals surface area (Å²) in [5.41, 5.74) is 0. The first-order valence-corrected chi connectivity index (χ1v) is 6.70. The highest BCUT2D eigenvalue weighted by molar-refractivity contribution is 7.87. The molecule has 0 aromatic heterocycles. The largest absolute Gasteiger partial charge is 0.279 e. The van der Waals surface area contributed by atoms with Gasteiger partial charge in [0.05, 0.1) is 0 Å². The van der Waals surface area contributed by atoms with Gasteiger partial charge in [-0.15, -0.1) is 0 Å². The molecular formula is C9H20N2O2S. The maximum Gasteiger partial charge on any atom is 0.279 e. The molecule has 1 N–H and O–H groups in total. The van der Waals surface area contributed by atoms with Crippen molar-refractivity contribution in [1.82, 2.24) is 9.03 Å². The second-order valence-corrected chi connectivity index (χ2v) is 5.75. The average molecular weight is 220 g/mol. The molecule has 0 saturated carbocycles. The van der Waals surface area contributed by atoms with Crippen molar-refractivity contribution in [1.29, 1.82) is 0 Å². The molecule has 1 rings (SSSR count). The quantitative estimate of drug-likeness (QED) is 0.771. The van der Waals surface area contributed by atoms with Crippen molar-refractivity contribution in [3.05, 3.63) is 0 Å². The first-order valence-electron chi connectivity index (χ1n) is 5.26. The van der Waals surface area contributed by atoms with Crippen LogP contribution in [0.1, 0.15) is 40.0 Å². The Hall–Kier alpha value is -0.130. The Morgan fingerprint density at radius 3 is 2.64 bits per heavy atom. The Morgan fingerprint density at radius 2 is 2.14 bits per heavy atom. The van der Waals surface area contributed by atoms with Crippen molar-refractivity contribution in [2.24, 2.45) is 0 Å². The number of rotatable bonds is 4. The Bertz CT molecular complexity index is 275. The molecule has 0 spiro atoms. The van der Waals surface area contributed by atoms with Gasteiger partial charge in [-0.1, -0.05) is 6.92 Å². The van der Waals surface area contributed by atoms with Crippen LogP contribution in [0.15, 0.2) is 0 Å². The molecule has 1 aliphatic heterocycles. The van der Waals surface area contributed by atoms with Gasteiger partial charge in [-0.25, -0.2) is 0 Å². The van der Waals surface area contributed by atoms with Gasteiger partial charge in [0.25, 0.3) is 10.2 Å². The molecule has 0 bridgehead atoms. The van der Waals surface area contributed by atoms with Gasteiger partial charge in [-0.2, -0.15) is 17.4 Å². The van der Waals surface area contributed by atoms with Crippen molar-refractivity contribution in [3.63, 3.8) is 0 Å². The van der Waals surface area contributed by atoms with Crippen LogP contribution in [0, 0.1) is 0 Å². The second kappa shape index (κ2) is 4.59. The van der Waals surface area contributed by atoms with E-state index in [1.165, 1.54) is 0 Å². The van der Waals surface area contributed by atoms with E-state index in [1.807, 2.05) is 20.8 Å². The lowest BCUT2D eigenvalue weighted by Gasteiger charge is -2.24. The number of nitrogens with zero attached hydrogens (tertiary/aromatic N) is 1. The van der Waals surface area contributed by atoms with Gasteiger partial charge < -0.3 is 0 Å². The summed E-state index contributed by atoms with van der Waals surface area (Å²) < 4.78 is 27.9. The normalized spacial score (nSPS) is 24.7. The highest BCUT2D eigenvalue weighted by Gasteiger charge is 2.32. The van der Waals surface area contributed by atoms with Gasteiger partial charge in [0.15, 0.2) is 0 Å². The summed E-state index contributed by atoms with van der Waals surface area (Å²) in [5.74, 6) is 0. The lowest BCUT2D eigenvalue weighted by Crippen LogP contribution is -2.45. The average Bonchev–Trinajstić information content (AvgIpc) is 2.48. The SMILES string of the molecule is CCC1CCCN1S(=O)(=O)NC(C)C. The standard InChI is InChI=1S/C9H20N2O2S/c1-4-9-6-5-7-11(9)14(12,13)10-8(2)3/h8-10H,4-7H2,1-3H3. The molecule has 1 unspecified atom stereocenters. The monoisotopic (exact) mass is 220 g/mol. The fourth-order valence-electron chi connectivity index (χ4n) is 1.90. The van der Waals surface area contributed by atoms with Gasteiger partial charge in [0.2, 0.25) is 0 Å². The Kier molecular flexibility index (Phi) is 3.92. The third kappa shape index (κ3) is 2.68.